The van der Waals surface area contributed by atoms with Crippen molar-refractivity contribution in [1.29, 1.82) is 0 Å². The lowest BCUT2D eigenvalue weighted by Gasteiger charge is -2.40. The first kappa shape index (κ1) is 25.0. The number of ether oxygens (including phenoxy) is 2. The van der Waals surface area contributed by atoms with E-state index in [0.29, 0.717) is 32.5 Å². The molecular weight excluding hydrogens is 374 g/mol. The van der Waals surface area contributed by atoms with Crippen LogP contribution < -0.4 is 0 Å². The van der Waals surface area contributed by atoms with Gasteiger partial charge in [-0.15, -0.1) is 0 Å². The Morgan fingerprint density at radius 2 is 1.57 bits per heavy atom. The molecule has 0 saturated carbocycles. The molecule has 0 aromatic carbocycles. The zero-order chi connectivity index (χ0) is 21.8. The highest BCUT2D eigenvalue weighted by molar-refractivity contribution is 6.74. The van der Waals surface area contributed by atoms with Gasteiger partial charge in [0.25, 0.3) is 0 Å². The van der Waals surface area contributed by atoms with Gasteiger partial charge in [0.15, 0.2) is 8.32 Å². The van der Waals surface area contributed by atoms with E-state index in [1.165, 1.54) is 7.11 Å². The fraction of sp³-hybridized carbons (Fsp3) is 0.905. The molecule has 0 aromatic rings. The Labute approximate surface area is 172 Å². The van der Waals surface area contributed by atoms with Crippen molar-refractivity contribution in [1.82, 2.24) is 4.90 Å². The second kappa shape index (κ2) is 9.16. The number of amides is 1. The number of hydrogen-bond donors (Lipinski definition) is 0. The first-order valence-corrected chi connectivity index (χ1v) is 13.2. The minimum absolute atomic E-state index is 0.172. The third-order valence-corrected chi connectivity index (χ3v) is 10.6. The molecule has 0 N–H and O–H groups in total. The summed E-state index contributed by atoms with van der Waals surface area (Å²) in [7, 11) is -0.345. The summed E-state index contributed by atoms with van der Waals surface area (Å²) in [5.41, 5.74) is -1.06. The van der Waals surface area contributed by atoms with E-state index < -0.39 is 19.3 Å². The van der Waals surface area contributed by atoms with E-state index in [1.54, 1.807) is 4.90 Å². The molecule has 6 nitrogen and oxygen atoms in total. The molecule has 1 aliphatic heterocycles. The van der Waals surface area contributed by atoms with Gasteiger partial charge in [0.05, 0.1) is 12.5 Å². The number of nitrogens with zero attached hydrogens (tertiary/aromatic N) is 1. The molecule has 0 atom stereocenters. The van der Waals surface area contributed by atoms with Crippen molar-refractivity contribution in [3.63, 3.8) is 0 Å². The van der Waals surface area contributed by atoms with Crippen LogP contribution in [0.1, 0.15) is 67.2 Å². The topological polar surface area (TPSA) is 65.1 Å². The van der Waals surface area contributed by atoms with Crippen LogP contribution in [-0.2, 0) is 18.7 Å². The number of esters is 1. The molecule has 164 valence electrons. The van der Waals surface area contributed by atoms with E-state index in [2.05, 4.69) is 33.9 Å². The van der Waals surface area contributed by atoms with Crippen molar-refractivity contribution < 1.29 is 23.5 Å². The monoisotopic (exact) mass is 415 g/mol. The molecule has 0 aromatic heterocycles. The molecular formula is C21H41NO5Si. The van der Waals surface area contributed by atoms with Crippen LogP contribution in [0, 0.1) is 5.41 Å². The van der Waals surface area contributed by atoms with Gasteiger partial charge in [-0.1, -0.05) is 20.8 Å². The normalized spacial score (nSPS) is 18.0. The van der Waals surface area contributed by atoms with Crippen molar-refractivity contribution >= 4 is 20.4 Å². The molecule has 0 spiro atoms. The van der Waals surface area contributed by atoms with Gasteiger partial charge < -0.3 is 18.8 Å². The minimum atomic E-state index is -1.79. The van der Waals surface area contributed by atoms with Gasteiger partial charge in [-0.25, -0.2) is 4.79 Å². The maximum atomic E-state index is 12.6. The second-order valence-electron chi connectivity index (χ2n) is 10.5. The van der Waals surface area contributed by atoms with Crippen LogP contribution in [0.25, 0.3) is 0 Å². The van der Waals surface area contributed by atoms with Crippen molar-refractivity contribution in [3.8, 4) is 0 Å². The first-order chi connectivity index (χ1) is 12.6. The van der Waals surface area contributed by atoms with Crippen LogP contribution in [0.4, 0.5) is 4.79 Å². The average Bonchev–Trinajstić information content (AvgIpc) is 2.56. The van der Waals surface area contributed by atoms with Crippen LogP contribution >= 0.6 is 0 Å². The van der Waals surface area contributed by atoms with Gasteiger partial charge in [-0.3, -0.25) is 4.79 Å². The van der Waals surface area contributed by atoms with Crippen molar-refractivity contribution in [2.45, 2.75) is 91.0 Å². The molecule has 28 heavy (non-hydrogen) atoms. The summed E-state index contributed by atoms with van der Waals surface area (Å²) in [6.07, 6.45) is 2.41. The minimum Gasteiger partial charge on any atom is -0.469 e. The summed E-state index contributed by atoms with van der Waals surface area (Å²) < 4.78 is 16.8. The predicted molar refractivity (Wildman–Crippen MR) is 114 cm³/mol. The fourth-order valence-corrected chi connectivity index (χ4v) is 4.26. The van der Waals surface area contributed by atoms with Gasteiger partial charge in [-0.05, 0) is 64.6 Å². The Bertz CT molecular complexity index is 540. The summed E-state index contributed by atoms with van der Waals surface area (Å²) in [5, 5.41) is 0.172. The van der Waals surface area contributed by atoms with E-state index in [1.807, 2.05) is 20.8 Å². The SMILES string of the molecule is COC(=O)C1(CCCO[Si](C)(C)C(C)(C)C)CCN(C(=O)OC(C)(C)C)CC1. The molecule has 0 radical (unpaired) electrons. The Morgan fingerprint density at radius 3 is 2.00 bits per heavy atom. The van der Waals surface area contributed by atoms with E-state index in [9.17, 15) is 9.59 Å². The number of hydrogen-bond acceptors (Lipinski definition) is 5. The van der Waals surface area contributed by atoms with Gasteiger partial charge in [-0.2, -0.15) is 0 Å². The first-order valence-electron chi connectivity index (χ1n) is 10.3. The number of carbonyl (C=O) groups is 2. The molecule has 1 saturated heterocycles. The van der Waals surface area contributed by atoms with Gasteiger partial charge in [0.2, 0.25) is 0 Å². The zero-order valence-electron chi connectivity index (χ0n) is 19.4. The largest absolute Gasteiger partial charge is 0.469 e. The second-order valence-corrected chi connectivity index (χ2v) is 15.3. The summed E-state index contributed by atoms with van der Waals surface area (Å²) in [4.78, 5) is 26.5. The Kier molecular flexibility index (Phi) is 8.16. The highest BCUT2D eigenvalue weighted by atomic mass is 28.4. The van der Waals surface area contributed by atoms with Crippen LogP contribution in [-0.4, -0.2) is 57.7 Å². The Morgan fingerprint density at radius 1 is 1.04 bits per heavy atom. The summed E-state index contributed by atoms with van der Waals surface area (Å²) in [6, 6.07) is 0. The highest BCUT2D eigenvalue weighted by Gasteiger charge is 2.44. The van der Waals surface area contributed by atoms with E-state index in [-0.39, 0.29) is 17.1 Å². The molecule has 1 amide bonds. The van der Waals surface area contributed by atoms with E-state index in [4.69, 9.17) is 13.9 Å². The number of piperidine rings is 1. The quantitative estimate of drug-likeness (QED) is 0.348. The molecule has 0 bridgehead atoms. The summed E-state index contributed by atoms with van der Waals surface area (Å²) in [6.45, 7) is 18.4. The molecule has 1 heterocycles. The van der Waals surface area contributed by atoms with Crippen LogP contribution in [0.15, 0.2) is 0 Å². The average molecular weight is 416 g/mol. The van der Waals surface area contributed by atoms with Crippen LogP contribution in [0.2, 0.25) is 18.1 Å². The van der Waals surface area contributed by atoms with Gasteiger partial charge in [0, 0.05) is 19.7 Å². The zero-order valence-corrected chi connectivity index (χ0v) is 20.4. The van der Waals surface area contributed by atoms with Crippen molar-refractivity contribution in [3.05, 3.63) is 0 Å². The third-order valence-electron chi connectivity index (χ3n) is 6.06. The fourth-order valence-electron chi connectivity index (χ4n) is 3.17. The van der Waals surface area contributed by atoms with Crippen molar-refractivity contribution in [2.24, 2.45) is 5.41 Å². The summed E-state index contributed by atoms with van der Waals surface area (Å²) in [5.74, 6) is -0.177. The molecule has 1 aliphatic rings. The smallest absolute Gasteiger partial charge is 0.410 e. The lowest BCUT2D eigenvalue weighted by molar-refractivity contribution is -0.156. The molecule has 0 unspecified atom stereocenters. The van der Waals surface area contributed by atoms with Gasteiger partial charge in [0.1, 0.15) is 5.60 Å². The third kappa shape index (κ3) is 6.76. The maximum absolute atomic E-state index is 12.6. The number of carbonyl (C=O) groups excluding carboxylic acids is 2. The van der Waals surface area contributed by atoms with Crippen molar-refractivity contribution in [2.75, 3.05) is 26.8 Å². The molecule has 7 heteroatoms. The van der Waals surface area contributed by atoms with Crippen LogP contribution in [0.3, 0.4) is 0 Å². The van der Waals surface area contributed by atoms with Crippen LogP contribution in [0.5, 0.6) is 0 Å². The lowest BCUT2D eigenvalue weighted by Crippen LogP contribution is -2.48. The number of likely N-dealkylation sites (tertiary alicyclic amines) is 1. The molecule has 1 fully saturated rings. The maximum Gasteiger partial charge on any atom is 0.410 e. The number of rotatable bonds is 6. The van der Waals surface area contributed by atoms with E-state index >= 15 is 0 Å². The lowest BCUT2D eigenvalue weighted by atomic mass is 9.75. The number of methoxy groups -OCH3 is 1. The molecule has 1 rings (SSSR count). The van der Waals surface area contributed by atoms with E-state index in [0.717, 1.165) is 12.8 Å². The standard InChI is InChI=1S/C21H41NO5Si/c1-19(2,3)27-18(24)22-14-12-21(13-15-22,17(23)25-7)11-10-16-26-28(8,9)20(4,5)6/h10-16H2,1-9H3. The Hall–Kier alpha value is -1.08. The predicted octanol–water partition coefficient (Wildman–Crippen LogP) is 4.98. The molecule has 0 aliphatic carbocycles. The summed E-state index contributed by atoms with van der Waals surface area (Å²) >= 11 is 0. The Balaban J connectivity index is 2.65. The van der Waals surface area contributed by atoms with Gasteiger partial charge >= 0.3 is 12.1 Å². The highest BCUT2D eigenvalue weighted by Crippen LogP contribution is 2.39.